The molecule has 2 aromatic rings. The molecule has 1 saturated heterocycles. The number of alkyl halides is 7. The lowest BCUT2D eigenvalue weighted by Crippen LogP contribution is -2.57. The number of hydrogen-bond donors (Lipinski definition) is 1. The number of benzene rings is 2. The zero-order valence-electron chi connectivity index (χ0n) is 25.1. The minimum absolute atomic E-state index is 0.0759. The summed E-state index contributed by atoms with van der Waals surface area (Å²) in [5.74, 6) is -1.25. The number of fused-ring (bicyclic) bond motifs is 6. The summed E-state index contributed by atoms with van der Waals surface area (Å²) < 4.78 is 125. The van der Waals surface area contributed by atoms with Crippen LogP contribution >= 0.6 is 11.6 Å². The van der Waals surface area contributed by atoms with E-state index in [1.807, 2.05) is 0 Å². The van der Waals surface area contributed by atoms with Gasteiger partial charge in [-0.3, -0.25) is 9.59 Å². The fourth-order valence-corrected chi connectivity index (χ4v) is 11.2. The van der Waals surface area contributed by atoms with Gasteiger partial charge in [-0.15, -0.1) is 0 Å². The quantitative estimate of drug-likeness (QED) is 0.324. The van der Waals surface area contributed by atoms with Crippen LogP contribution in [0.4, 0.5) is 30.7 Å². The summed E-state index contributed by atoms with van der Waals surface area (Å²) in [6.07, 6.45) is -11.5. The van der Waals surface area contributed by atoms with Gasteiger partial charge < -0.3 is 10.0 Å². The minimum atomic E-state index is -6.35. The molecule has 7 rings (SSSR count). The highest BCUT2D eigenvalue weighted by atomic mass is 35.5. The largest absolute Gasteiger partial charge is 0.481 e. The van der Waals surface area contributed by atoms with E-state index in [-0.39, 0.29) is 72.0 Å². The van der Waals surface area contributed by atoms with E-state index < -0.39 is 61.0 Å². The number of amides is 1. The van der Waals surface area contributed by atoms with E-state index >= 15 is 4.39 Å². The van der Waals surface area contributed by atoms with Crippen molar-refractivity contribution in [2.75, 3.05) is 6.54 Å². The maximum absolute atomic E-state index is 15.1. The second-order valence-corrected chi connectivity index (χ2v) is 16.1. The summed E-state index contributed by atoms with van der Waals surface area (Å²) in [6, 6.07) is 4.54. The number of carboxylic acid groups (broad SMARTS) is 1. The number of sulfone groups is 1. The van der Waals surface area contributed by atoms with Crippen molar-refractivity contribution in [3.8, 4) is 0 Å². The molecule has 4 aliphatic carbocycles. The molecule has 2 aromatic carbocycles. The van der Waals surface area contributed by atoms with Crippen LogP contribution in [-0.2, 0) is 36.3 Å². The lowest BCUT2D eigenvalue weighted by atomic mass is 9.53. The number of hydrogen-bond acceptors (Lipinski definition) is 4. The van der Waals surface area contributed by atoms with Crippen LogP contribution in [0.1, 0.15) is 73.6 Å². The number of carbonyl (C=O) groups excluding carboxylic acids is 1. The number of carboxylic acids is 1. The molecule has 5 aliphatic rings. The summed E-state index contributed by atoms with van der Waals surface area (Å²) in [4.78, 5) is 27.6. The molecule has 15 heteroatoms. The Morgan fingerprint density at radius 3 is 1.98 bits per heavy atom. The topological polar surface area (TPSA) is 91.8 Å². The van der Waals surface area contributed by atoms with Gasteiger partial charge in [-0.25, -0.2) is 12.8 Å². The van der Waals surface area contributed by atoms with Gasteiger partial charge in [0.1, 0.15) is 4.75 Å². The van der Waals surface area contributed by atoms with Gasteiger partial charge >= 0.3 is 24.0 Å². The molecule has 256 valence electrons. The highest BCUT2D eigenvalue weighted by molar-refractivity contribution is 7.92. The molecule has 2 atom stereocenters. The Morgan fingerprint density at radius 2 is 1.45 bits per heavy atom. The lowest BCUT2D eigenvalue weighted by Gasteiger charge is -2.52. The molecule has 2 bridgehead atoms. The van der Waals surface area contributed by atoms with Crippen LogP contribution in [0.25, 0.3) is 0 Å². The van der Waals surface area contributed by atoms with Crippen LogP contribution in [-0.4, -0.2) is 55.2 Å². The number of nitrogens with zero attached hydrogens (tertiary/aromatic N) is 1. The maximum atomic E-state index is 15.1. The first kappa shape index (κ1) is 34.0. The maximum Gasteiger partial charge on any atom is 0.435 e. The fourth-order valence-electron chi connectivity index (χ4n) is 8.56. The van der Waals surface area contributed by atoms with Crippen LogP contribution in [0, 0.1) is 17.8 Å². The summed E-state index contributed by atoms with van der Waals surface area (Å²) in [5, 5.41) is 9.91. The minimum Gasteiger partial charge on any atom is -0.481 e. The summed E-state index contributed by atoms with van der Waals surface area (Å²) in [5.41, 5.74) is -8.97. The molecular weight excluding hydrogens is 679 g/mol. The third-order valence-electron chi connectivity index (χ3n) is 11.4. The molecule has 6 nitrogen and oxygen atoms in total. The van der Waals surface area contributed by atoms with E-state index in [0.29, 0.717) is 37.0 Å². The normalized spacial score (nSPS) is 29.4. The van der Waals surface area contributed by atoms with E-state index in [1.54, 1.807) is 6.92 Å². The van der Waals surface area contributed by atoms with Crippen molar-refractivity contribution in [1.82, 2.24) is 4.90 Å². The molecule has 1 aliphatic heterocycles. The predicted octanol–water partition coefficient (Wildman–Crippen LogP) is 7.58. The molecule has 4 fully saturated rings. The van der Waals surface area contributed by atoms with Crippen LogP contribution in [0.2, 0.25) is 5.02 Å². The van der Waals surface area contributed by atoms with Gasteiger partial charge in [0.05, 0.1) is 16.4 Å². The van der Waals surface area contributed by atoms with Crippen molar-refractivity contribution < 1.29 is 53.8 Å². The van der Waals surface area contributed by atoms with Crippen molar-refractivity contribution in [3.63, 3.8) is 0 Å². The Balaban J connectivity index is 1.48. The molecule has 1 N–H and O–H groups in total. The van der Waals surface area contributed by atoms with E-state index in [1.165, 1.54) is 23.1 Å². The van der Waals surface area contributed by atoms with Gasteiger partial charge in [0, 0.05) is 22.5 Å². The summed E-state index contributed by atoms with van der Waals surface area (Å²) >= 11 is 6.29. The molecular formula is C32H31ClF7NO5S. The number of likely N-dealkylation sites (tertiary alicyclic amines) is 1. The number of aliphatic carboxylic acids is 1. The van der Waals surface area contributed by atoms with Gasteiger partial charge in [0.15, 0.2) is 9.84 Å². The lowest BCUT2D eigenvalue weighted by molar-refractivity contribution is -0.348. The summed E-state index contributed by atoms with van der Waals surface area (Å²) in [7, 11) is -4.55. The Hall–Kier alpha value is -2.87. The highest BCUT2D eigenvalue weighted by Crippen LogP contribution is 2.61. The van der Waals surface area contributed by atoms with Crippen LogP contribution in [0.5, 0.6) is 0 Å². The van der Waals surface area contributed by atoms with E-state index in [2.05, 4.69) is 0 Å². The number of rotatable bonds is 5. The first-order valence-electron chi connectivity index (χ1n) is 15.2. The monoisotopic (exact) mass is 709 g/mol. The van der Waals surface area contributed by atoms with E-state index in [9.17, 15) is 49.5 Å². The third kappa shape index (κ3) is 4.59. The summed E-state index contributed by atoms with van der Waals surface area (Å²) in [6.45, 7) is 1.57. The predicted molar refractivity (Wildman–Crippen MR) is 155 cm³/mol. The average Bonchev–Trinajstić information content (AvgIpc) is 3.42. The smallest absolute Gasteiger partial charge is 0.435 e. The number of halogens is 8. The van der Waals surface area contributed by atoms with Crippen LogP contribution < -0.4 is 0 Å². The SMILES string of the molecule is Cc1ccc(S(=O)(=O)C23CCN(C(=O)C45CCC(C(=O)O)(CC4)CC5)C2CCc2cc(C(F)(C(F)(F)F)C(F)(F)F)ccc23)cc1Cl. The van der Waals surface area contributed by atoms with Crippen molar-refractivity contribution >= 4 is 33.3 Å². The van der Waals surface area contributed by atoms with Gasteiger partial charge in [0.2, 0.25) is 5.91 Å². The molecule has 3 saturated carbocycles. The Kier molecular flexibility index (Phi) is 7.64. The zero-order valence-corrected chi connectivity index (χ0v) is 26.6. The molecule has 0 aromatic heterocycles. The van der Waals surface area contributed by atoms with Crippen LogP contribution in [0.3, 0.4) is 0 Å². The Morgan fingerprint density at radius 1 is 0.872 bits per heavy atom. The second-order valence-electron chi connectivity index (χ2n) is 13.5. The molecule has 1 amide bonds. The fraction of sp³-hybridized carbons (Fsp3) is 0.562. The molecule has 0 radical (unpaired) electrons. The average molecular weight is 710 g/mol. The van der Waals surface area contributed by atoms with Gasteiger partial charge in [-0.05, 0) is 93.5 Å². The standard InChI is InChI=1S/C32H31ClF7NO5S/c1-18-2-5-21(17-23(18)33)47(45,46)29-14-15-41(25(42)27-8-11-28(12-9-27,13-10-27)26(43)44)24(29)7-3-19-16-20(4-6-22(19)29)30(34,31(35,36)37)32(38,39)40/h2,4-6,16-17,24H,3,7-15H2,1H3,(H,43,44). The van der Waals surface area contributed by atoms with Crippen molar-refractivity contribution in [1.29, 1.82) is 0 Å². The van der Waals surface area contributed by atoms with Gasteiger partial charge in [-0.1, -0.05) is 35.9 Å². The zero-order chi connectivity index (χ0) is 34.6. The van der Waals surface area contributed by atoms with Crippen LogP contribution in [0.15, 0.2) is 41.3 Å². The number of aryl methyl sites for hydroxylation is 2. The van der Waals surface area contributed by atoms with Gasteiger partial charge in [-0.2, -0.15) is 26.3 Å². The molecule has 0 spiro atoms. The first-order valence-corrected chi connectivity index (χ1v) is 17.0. The molecule has 2 unspecified atom stereocenters. The van der Waals surface area contributed by atoms with Crippen molar-refractivity contribution in [2.45, 2.75) is 98.4 Å². The van der Waals surface area contributed by atoms with Crippen molar-refractivity contribution in [3.05, 3.63) is 63.7 Å². The molecule has 47 heavy (non-hydrogen) atoms. The molecule has 1 heterocycles. The van der Waals surface area contributed by atoms with Crippen molar-refractivity contribution in [2.24, 2.45) is 10.8 Å². The second kappa shape index (κ2) is 10.6. The first-order chi connectivity index (χ1) is 21.7. The van der Waals surface area contributed by atoms with Gasteiger partial charge in [0.25, 0.3) is 0 Å². The highest BCUT2D eigenvalue weighted by Gasteiger charge is 2.74. The Bertz CT molecular complexity index is 1740. The number of carbonyl (C=O) groups is 2. The van der Waals surface area contributed by atoms with E-state index in [4.69, 9.17) is 11.6 Å². The van der Waals surface area contributed by atoms with E-state index in [0.717, 1.165) is 6.07 Å². The third-order valence-corrected chi connectivity index (χ3v) is 14.4. The Labute approximate surface area is 271 Å².